The Labute approximate surface area is 111 Å². The molecule has 3 heteroatoms. The van der Waals surface area contributed by atoms with Gasteiger partial charge in [0.1, 0.15) is 0 Å². The van der Waals surface area contributed by atoms with Crippen LogP contribution in [-0.4, -0.2) is 23.8 Å². The molecule has 1 saturated carbocycles. The molecule has 106 valence electrons. The molecule has 1 atom stereocenters. The number of ether oxygens (including phenoxy) is 1. The number of hydrogen-bond acceptors (Lipinski definition) is 3. The first-order valence-corrected chi connectivity index (χ1v) is 7.47. The van der Waals surface area contributed by atoms with Crippen LogP contribution in [0.3, 0.4) is 0 Å². The van der Waals surface area contributed by atoms with Crippen LogP contribution in [0.4, 0.5) is 0 Å². The summed E-state index contributed by atoms with van der Waals surface area (Å²) < 4.78 is 5.09. The van der Waals surface area contributed by atoms with Crippen molar-refractivity contribution in [3.63, 3.8) is 0 Å². The van der Waals surface area contributed by atoms with Crippen molar-refractivity contribution in [2.45, 2.75) is 71.3 Å². The Kier molecular flexibility index (Phi) is 7.33. The van der Waals surface area contributed by atoms with Crippen LogP contribution < -0.4 is 0 Å². The second-order valence-corrected chi connectivity index (χ2v) is 5.70. The summed E-state index contributed by atoms with van der Waals surface area (Å²) in [6.45, 7) is 4.86. The van der Waals surface area contributed by atoms with E-state index in [1.165, 1.54) is 12.8 Å². The molecule has 0 aliphatic heterocycles. The van der Waals surface area contributed by atoms with E-state index in [1.807, 2.05) is 0 Å². The fourth-order valence-corrected chi connectivity index (χ4v) is 2.57. The van der Waals surface area contributed by atoms with Gasteiger partial charge in [0.25, 0.3) is 0 Å². The topological polar surface area (TPSA) is 46.5 Å². The van der Waals surface area contributed by atoms with Gasteiger partial charge in [-0.1, -0.05) is 33.1 Å². The lowest BCUT2D eigenvalue weighted by molar-refractivity contribution is -0.144. The summed E-state index contributed by atoms with van der Waals surface area (Å²) in [4.78, 5) is 11.4. The normalized spacial score (nSPS) is 25.7. The van der Waals surface area contributed by atoms with Gasteiger partial charge in [-0.3, -0.25) is 4.79 Å². The minimum Gasteiger partial charge on any atom is -0.466 e. The third kappa shape index (κ3) is 5.85. The molecule has 1 aliphatic carbocycles. The zero-order valence-electron chi connectivity index (χ0n) is 11.9. The molecule has 0 spiro atoms. The van der Waals surface area contributed by atoms with Crippen LogP contribution >= 0.6 is 0 Å². The van der Waals surface area contributed by atoms with Crippen LogP contribution in [0.1, 0.15) is 65.2 Å². The molecule has 0 heterocycles. The summed E-state index contributed by atoms with van der Waals surface area (Å²) in [5, 5.41) is 10.1. The first-order valence-electron chi connectivity index (χ1n) is 7.47. The molecule has 0 amide bonds. The molecule has 1 N–H and O–H groups in total. The van der Waals surface area contributed by atoms with Crippen molar-refractivity contribution in [1.82, 2.24) is 0 Å². The predicted molar refractivity (Wildman–Crippen MR) is 72.2 cm³/mol. The highest BCUT2D eigenvalue weighted by molar-refractivity contribution is 5.69. The van der Waals surface area contributed by atoms with Gasteiger partial charge in [0.15, 0.2) is 0 Å². The maximum absolute atomic E-state index is 11.4. The van der Waals surface area contributed by atoms with Crippen molar-refractivity contribution in [2.24, 2.45) is 11.8 Å². The number of esters is 1. The summed E-state index contributed by atoms with van der Waals surface area (Å²) in [5.74, 6) is 1.03. The number of carbonyl (C=O) groups excluding carboxylic acids is 1. The highest BCUT2D eigenvalue weighted by atomic mass is 16.5. The van der Waals surface area contributed by atoms with Gasteiger partial charge in [0.2, 0.25) is 0 Å². The second-order valence-electron chi connectivity index (χ2n) is 5.70. The Morgan fingerprint density at radius 3 is 2.61 bits per heavy atom. The number of aliphatic hydroxyl groups is 1. The first-order chi connectivity index (χ1) is 8.63. The van der Waals surface area contributed by atoms with Gasteiger partial charge in [0, 0.05) is 6.42 Å². The van der Waals surface area contributed by atoms with E-state index in [0.717, 1.165) is 31.6 Å². The quantitative estimate of drug-likeness (QED) is 0.561. The third-order valence-corrected chi connectivity index (χ3v) is 4.01. The standard InChI is InChI=1S/C15H28O3/c1-3-4-11-18-15(17)10-9-14(16)13-7-5-12(2)6-8-13/h12-14,16H,3-11H2,1-2H3. The van der Waals surface area contributed by atoms with E-state index in [9.17, 15) is 9.90 Å². The van der Waals surface area contributed by atoms with Gasteiger partial charge in [-0.2, -0.15) is 0 Å². The summed E-state index contributed by atoms with van der Waals surface area (Å²) in [6, 6.07) is 0. The second kappa shape index (κ2) is 8.52. The van der Waals surface area contributed by atoms with E-state index in [4.69, 9.17) is 4.74 Å². The maximum Gasteiger partial charge on any atom is 0.305 e. The highest BCUT2D eigenvalue weighted by Crippen LogP contribution is 2.31. The average Bonchev–Trinajstić information content (AvgIpc) is 2.37. The van der Waals surface area contributed by atoms with E-state index in [2.05, 4.69) is 13.8 Å². The van der Waals surface area contributed by atoms with Crippen LogP contribution in [0.15, 0.2) is 0 Å². The van der Waals surface area contributed by atoms with Gasteiger partial charge in [-0.05, 0) is 37.5 Å². The molecule has 1 unspecified atom stereocenters. The monoisotopic (exact) mass is 256 g/mol. The largest absolute Gasteiger partial charge is 0.466 e. The summed E-state index contributed by atoms with van der Waals surface area (Å²) in [6.07, 6.45) is 7.19. The molecule has 1 aliphatic rings. The number of aliphatic hydroxyl groups excluding tert-OH is 1. The lowest BCUT2D eigenvalue weighted by atomic mass is 9.79. The zero-order chi connectivity index (χ0) is 13.4. The highest BCUT2D eigenvalue weighted by Gasteiger charge is 2.24. The Morgan fingerprint density at radius 1 is 1.33 bits per heavy atom. The SMILES string of the molecule is CCCCOC(=O)CCC(O)C1CCC(C)CC1. The molecule has 1 rings (SSSR count). The Morgan fingerprint density at radius 2 is 2.00 bits per heavy atom. The van der Waals surface area contributed by atoms with Gasteiger partial charge >= 0.3 is 5.97 Å². The number of rotatable bonds is 7. The van der Waals surface area contributed by atoms with Crippen molar-refractivity contribution in [3.8, 4) is 0 Å². The molecular weight excluding hydrogens is 228 g/mol. The number of unbranched alkanes of at least 4 members (excludes halogenated alkanes) is 1. The third-order valence-electron chi connectivity index (χ3n) is 4.01. The van der Waals surface area contributed by atoms with Crippen LogP contribution in [0.5, 0.6) is 0 Å². The summed E-state index contributed by atoms with van der Waals surface area (Å²) in [7, 11) is 0. The Hall–Kier alpha value is -0.570. The van der Waals surface area contributed by atoms with Crippen molar-refractivity contribution in [3.05, 3.63) is 0 Å². The lowest BCUT2D eigenvalue weighted by Gasteiger charge is -2.29. The maximum atomic E-state index is 11.4. The van der Waals surface area contributed by atoms with Crippen molar-refractivity contribution in [2.75, 3.05) is 6.61 Å². The van der Waals surface area contributed by atoms with Crippen molar-refractivity contribution < 1.29 is 14.6 Å². The predicted octanol–water partition coefficient (Wildman–Crippen LogP) is 3.30. The zero-order valence-corrected chi connectivity index (χ0v) is 11.9. The van der Waals surface area contributed by atoms with Gasteiger partial charge in [0.05, 0.1) is 12.7 Å². The van der Waals surface area contributed by atoms with Crippen LogP contribution in [0.2, 0.25) is 0 Å². The van der Waals surface area contributed by atoms with E-state index >= 15 is 0 Å². The van der Waals surface area contributed by atoms with E-state index in [1.54, 1.807) is 0 Å². The fraction of sp³-hybridized carbons (Fsp3) is 0.933. The molecular formula is C15H28O3. The molecule has 0 saturated heterocycles. The van der Waals surface area contributed by atoms with Crippen LogP contribution in [-0.2, 0) is 9.53 Å². The minimum absolute atomic E-state index is 0.160. The average molecular weight is 256 g/mol. The summed E-state index contributed by atoms with van der Waals surface area (Å²) in [5.41, 5.74) is 0. The fourth-order valence-electron chi connectivity index (χ4n) is 2.57. The molecule has 3 nitrogen and oxygen atoms in total. The van der Waals surface area contributed by atoms with E-state index in [-0.39, 0.29) is 12.1 Å². The minimum atomic E-state index is -0.323. The smallest absolute Gasteiger partial charge is 0.305 e. The van der Waals surface area contributed by atoms with E-state index < -0.39 is 0 Å². The van der Waals surface area contributed by atoms with Gasteiger partial charge in [-0.15, -0.1) is 0 Å². The molecule has 0 radical (unpaired) electrons. The summed E-state index contributed by atoms with van der Waals surface area (Å²) >= 11 is 0. The van der Waals surface area contributed by atoms with Crippen LogP contribution in [0, 0.1) is 11.8 Å². The number of carbonyl (C=O) groups is 1. The molecule has 0 aromatic carbocycles. The lowest BCUT2D eigenvalue weighted by Crippen LogP contribution is -2.26. The Bertz CT molecular complexity index is 232. The van der Waals surface area contributed by atoms with Crippen molar-refractivity contribution in [1.29, 1.82) is 0 Å². The van der Waals surface area contributed by atoms with E-state index in [0.29, 0.717) is 25.4 Å². The number of hydrogen-bond donors (Lipinski definition) is 1. The molecule has 0 aromatic rings. The van der Waals surface area contributed by atoms with Gasteiger partial charge < -0.3 is 9.84 Å². The molecule has 0 aromatic heterocycles. The van der Waals surface area contributed by atoms with Crippen molar-refractivity contribution >= 4 is 5.97 Å². The Balaban J connectivity index is 2.12. The molecule has 1 fully saturated rings. The first kappa shape index (κ1) is 15.5. The van der Waals surface area contributed by atoms with Gasteiger partial charge in [-0.25, -0.2) is 0 Å². The molecule has 18 heavy (non-hydrogen) atoms. The molecule has 0 bridgehead atoms. The van der Waals surface area contributed by atoms with Crippen LogP contribution in [0.25, 0.3) is 0 Å².